The maximum absolute atomic E-state index is 12.3. The van der Waals surface area contributed by atoms with Gasteiger partial charge < -0.3 is 19.7 Å². The zero-order valence-corrected chi connectivity index (χ0v) is 22.5. The van der Waals surface area contributed by atoms with Crippen molar-refractivity contribution in [2.75, 3.05) is 18.8 Å². The summed E-state index contributed by atoms with van der Waals surface area (Å²) in [7, 11) is 0. The highest BCUT2D eigenvalue weighted by Crippen LogP contribution is 2.45. The average Bonchev–Trinajstić information content (AvgIpc) is 3.32. The summed E-state index contributed by atoms with van der Waals surface area (Å²) < 4.78 is 5.82. The Hall–Kier alpha value is -3.33. The van der Waals surface area contributed by atoms with Crippen LogP contribution in [0.4, 0.5) is 4.79 Å². The first-order valence-electron chi connectivity index (χ1n) is 13.2. The van der Waals surface area contributed by atoms with Gasteiger partial charge in [-0.1, -0.05) is 67.1 Å². The number of aromatic nitrogens is 1. The smallest absolute Gasteiger partial charge is 0.407 e. The number of amides is 2. The molecule has 0 unspecified atom stereocenters. The van der Waals surface area contributed by atoms with Crippen LogP contribution >= 0.6 is 11.8 Å². The zero-order chi connectivity index (χ0) is 27.0. The van der Waals surface area contributed by atoms with Crippen LogP contribution in [0.1, 0.15) is 63.5 Å². The lowest BCUT2D eigenvalue weighted by Crippen LogP contribution is -2.46. The Bertz CT molecular complexity index is 1210. The molecular weight excluding hydrogens is 502 g/mol. The summed E-state index contributed by atoms with van der Waals surface area (Å²) in [6, 6.07) is 16.9. The number of oxazole rings is 1. The molecule has 8 nitrogen and oxygen atoms in total. The lowest BCUT2D eigenvalue weighted by Gasteiger charge is -2.44. The van der Waals surface area contributed by atoms with Gasteiger partial charge in [0.15, 0.2) is 5.58 Å². The van der Waals surface area contributed by atoms with Gasteiger partial charge in [0.1, 0.15) is 5.52 Å². The van der Waals surface area contributed by atoms with Gasteiger partial charge in [-0.2, -0.15) is 0 Å². The van der Waals surface area contributed by atoms with Crippen molar-refractivity contribution in [1.82, 2.24) is 15.2 Å². The molecule has 2 amide bonds. The lowest BCUT2D eigenvalue weighted by atomic mass is 9.70. The molecule has 9 heteroatoms. The predicted molar refractivity (Wildman–Crippen MR) is 147 cm³/mol. The molecule has 1 saturated carbocycles. The van der Waals surface area contributed by atoms with Crippen LogP contribution in [0.3, 0.4) is 0 Å². The molecule has 0 aliphatic heterocycles. The number of carbonyl (C=O) groups excluding carboxylic acids is 2. The fraction of sp³-hybridized carbons (Fsp3) is 0.448. The molecule has 1 fully saturated rings. The van der Waals surface area contributed by atoms with E-state index in [2.05, 4.69) is 10.3 Å². The van der Waals surface area contributed by atoms with E-state index < -0.39 is 17.8 Å². The molecule has 1 aliphatic carbocycles. The highest BCUT2D eigenvalue weighted by Gasteiger charge is 2.40. The molecule has 0 radical (unpaired) electrons. The molecule has 2 N–H and O–H groups in total. The predicted octanol–water partition coefficient (Wildman–Crippen LogP) is 6.08. The molecule has 3 aromatic rings. The number of para-hydroxylation sites is 2. The van der Waals surface area contributed by atoms with Crippen LogP contribution in [0, 0.1) is 5.41 Å². The topological polar surface area (TPSA) is 113 Å². The van der Waals surface area contributed by atoms with Gasteiger partial charge in [-0.15, -0.1) is 0 Å². The Morgan fingerprint density at radius 2 is 1.82 bits per heavy atom. The fourth-order valence-electron chi connectivity index (χ4n) is 4.78. The second kappa shape index (κ2) is 13.0. The van der Waals surface area contributed by atoms with Crippen LogP contribution in [-0.2, 0) is 9.59 Å². The second-order valence-corrected chi connectivity index (χ2v) is 11.1. The van der Waals surface area contributed by atoms with Crippen molar-refractivity contribution < 1.29 is 23.9 Å². The number of rotatable bonds is 14. The molecule has 0 spiro atoms. The number of Topliss-reactive ketones (excluding diaryl/α,β-unsaturated/α-hetero) is 1. The minimum atomic E-state index is -0.923. The Balaban J connectivity index is 1.18. The molecule has 4 rings (SSSR count). The van der Waals surface area contributed by atoms with Gasteiger partial charge in [0.25, 0.3) is 11.1 Å². The summed E-state index contributed by atoms with van der Waals surface area (Å²) >= 11 is 1.55. The molecule has 202 valence electrons. The summed E-state index contributed by atoms with van der Waals surface area (Å²) in [5.41, 5.74) is 2.45. The third kappa shape index (κ3) is 7.37. The monoisotopic (exact) mass is 537 g/mol. The van der Waals surface area contributed by atoms with E-state index in [4.69, 9.17) is 4.42 Å². The third-order valence-corrected chi connectivity index (χ3v) is 8.40. The number of thioether (sulfide) groups is 1. The highest BCUT2D eigenvalue weighted by molar-refractivity contribution is 7.99. The number of carbonyl (C=O) groups is 3. The molecule has 1 aliphatic rings. The van der Waals surface area contributed by atoms with Gasteiger partial charge in [0, 0.05) is 25.3 Å². The van der Waals surface area contributed by atoms with E-state index in [0.717, 1.165) is 41.7 Å². The fourth-order valence-corrected chi connectivity index (χ4v) is 5.90. The van der Waals surface area contributed by atoms with Crippen LogP contribution in [0.15, 0.2) is 64.2 Å². The van der Waals surface area contributed by atoms with Crippen LogP contribution < -0.4 is 5.32 Å². The first kappa shape index (κ1) is 27.7. The van der Waals surface area contributed by atoms with Crippen LogP contribution in [-0.4, -0.2) is 51.6 Å². The van der Waals surface area contributed by atoms with Crippen molar-refractivity contribution in [3.05, 3.63) is 60.2 Å². The van der Waals surface area contributed by atoms with Gasteiger partial charge in [-0.3, -0.25) is 9.59 Å². The number of unbranched alkanes of at least 4 members (excludes halogenated alkanes) is 2. The largest absolute Gasteiger partial charge is 0.465 e. The number of nitrogens with zero attached hydrogens (tertiary/aromatic N) is 2. The van der Waals surface area contributed by atoms with Gasteiger partial charge >= 0.3 is 6.09 Å². The summed E-state index contributed by atoms with van der Waals surface area (Å²) in [5.74, 6) is -0.251. The number of hydrogen-bond acceptors (Lipinski definition) is 6. The van der Waals surface area contributed by atoms with Gasteiger partial charge in [0.2, 0.25) is 5.78 Å². The number of hydrogen-bond donors (Lipinski definition) is 2. The van der Waals surface area contributed by atoms with Crippen molar-refractivity contribution in [1.29, 1.82) is 0 Å². The zero-order valence-electron chi connectivity index (χ0n) is 21.7. The van der Waals surface area contributed by atoms with E-state index in [1.165, 1.54) is 4.90 Å². The number of nitrogens with one attached hydrogen (secondary N) is 1. The molecule has 0 bridgehead atoms. The van der Waals surface area contributed by atoms with E-state index >= 15 is 0 Å². The van der Waals surface area contributed by atoms with Gasteiger partial charge in [-0.25, -0.2) is 9.78 Å². The molecule has 0 saturated heterocycles. The summed E-state index contributed by atoms with van der Waals surface area (Å²) in [6.07, 6.45) is 4.17. The van der Waals surface area contributed by atoms with E-state index in [1.54, 1.807) is 11.8 Å². The molecule has 1 aromatic heterocycles. The van der Waals surface area contributed by atoms with E-state index in [-0.39, 0.29) is 17.9 Å². The maximum Gasteiger partial charge on any atom is 0.407 e. The van der Waals surface area contributed by atoms with Crippen LogP contribution in [0.25, 0.3) is 11.1 Å². The maximum atomic E-state index is 12.3. The van der Waals surface area contributed by atoms with Crippen molar-refractivity contribution in [2.24, 2.45) is 5.41 Å². The molecule has 38 heavy (non-hydrogen) atoms. The standard InChI is InChI=1S/C29H35N3O5S/c1-21(22-11-4-2-5-12-22)30-26(34)24(33)14-6-3-9-18-32(28(35)36)19-29(16-10-17-29)20-38-27-31-23-13-7-8-15-25(23)37-27/h2,4-5,7-8,11-13,15,21H,3,6,9-10,14,16-20H2,1H3,(H,30,34)(H,35,36)/t21-/m1/s1. The Kier molecular flexibility index (Phi) is 9.44. The first-order valence-corrected chi connectivity index (χ1v) is 14.2. The minimum Gasteiger partial charge on any atom is -0.465 e. The summed E-state index contributed by atoms with van der Waals surface area (Å²) in [4.78, 5) is 42.5. The van der Waals surface area contributed by atoms with E-state index in [1.807, 2.05) is 61.5 Å². The highest BCUT2D eigenvalue weighted by atomic mass is 32.2. The average molecular weight is 538 g/mol. The van der Waals surface area contributed by atoms with Crippen LogP contribution in [0.2, 0.25) is 0 Å². The molecule has 1 atom stereocenters. The Morgan fingerprint density at radius 3 is 2.50 bits per heavy atom. The summed E-state index contributed by atoms with van der Waals surface area (Å²) in [5, 5.41) is 13.2. The van der Waals surface area contributed by atoms with Crippen molar-refractivity contribution in [3.63, 3.8) is 0 Å². The van der Waals surface area contributed by atoms with E-state index in [9.17, 15) is 19.5 Å². The third-order valence-electron chi connectivity index (χ3n) is 7.22. The normalized spacial score (nSPS) is 15.0. The lowest BCUT2D eigenvalue weighted by molar-refractivity contribution is -0.138. The molecule has 1 heterocycles. The van der Waals surface area contributed by atoms with Gasteiger partial charge in [0.05, 0.1) is 6.04 Å². The first-order chi connectivity index (χ1) is 18.3. The molecule has 2 aromatic carbocycles. The SMILES string of the molecule is C[C@@H](NC(=O)C(=O)CCCCCN(CC1(CSc2nc3ccccc3o2)CCC1)C(=O)O)c1ccccc1. The van der Waals surface area contributed by atoms with Crippen molar-refractivity contribution in [2.45, 2.75) is 63.1 Å². The van der Waals surface area contributed by atoms with Crippen molar-refractivity contribution in [3.8, 4) is 0 Å². The second-order valence-electron chi connectivity index (χ2n) is 10.1. The summed E-state index contributed by atoms with van der Waals surface area (Å²) in [6.45, 7) is 2.74. The van der Waals surface area contributed by atoms with Gasteiger partial charge in [-0.05, 0) is 55.7 Å². The van der Waals surface area contributed by atoms with Crippen LogP contribution in [0.5, 0.6) is 0 Å². The number of fused-ring (bicyclic) bond motifs is 1. The van der Waals surface area contributed by atoms with E-state index in [0.29, 0.717) is 37.6 Å². The quantitative estimate of drug-likeness (QED) is 0.146. The number of benzene rings is 2. The Morgan fingerprint density at radius 1 is 1.08 bits per heavy atom. The number of carboxylic acid groups (broad SMARTS) is 1. The Labute approximate surface area is 227 Å². The minimum absolute atomic E-state index is 0.0762. The number of ketones is 1. The molecular formula is C29H35N3O5S. The van der Waals surface area contributed by atoms with Crippen molar-refractivity contribution >= 4 is 40.6 Å².